The van der Waals surface area contributed by atoms with Gasteiger partial charge in [0.25, 0.3) is 0 Å². The fourth-order valence-corrected chi connectivity index (χ4v) is 3.53. The molecule has 2 aliphatic heterocycles. The maximum atomic E-state index is 12.3. The summed E-state index contributed by atoms with van der Waals surface area (Å²) in [5.41, 5.74) is 8.22. The predicted molar refractivity (Wildman–Crippen MR) is 102 cm³/mol. The molecule has 2 saturated heterocycles. The molecule has 1 aromatic rings. The zero-order valence-electron chi connectivity index (χ0n) is 15.0. The molecule has 0 spiro atoms. The number of rotatable bonds is 6. The second-order valence-electron chi connectivity index (χ2n) is 6.93. The molecule has 26 heavy (non-hydrogen) atoms. The summed E-state index contributed by atoms with van der Waals surface area (Å²) in [4.78, 5) is 25.9. The molecule has 144 valence electrons. The highest BCUT2D eigenvalue weighted by atomic mass is 35.5. The smallest absolute Gasteiger partial charge is 0.237 e. The van der Waals surface area contributed by atoms with Gasteiger partial charge in [-0.1, -0.05) is 24.3 Å². The average Bonchev–Trinajstić information content (AvgIpc) is 3.05. The normalized spacial score (nSPS) is 19.1. The lowest BCUT2D eigenvalue weighted by atomic mass is 9.92. The zero-order valence-corrected chi connectivity index (χ0v) is 15.8. The standard InChI is InChI=1S/C19H27N3O3.ClH/c20-18(16-6-9-25-10-7-16)19(24)21-12-14-3-1-4-15(11-14)13-22-8-2-5-17(22)23;/h1,3-4,11,16,18H,2,5-10,12-13,20H2,(H,21,24);1H. The first-order valence-corrected chi connectivity index (χ1v) is 9.10. The van der Waals surface area contributed by atoms with Crippen LogP contribution in [0, 0.1) is 5.92 Å². The molecule has 2 heterocycles. The van der Waals surface area contributed by atoms with E-state index < -0.39 is 6.04 Å². The molecule has 7 heteroatoms. The Kier molecular flexibility index (Phi) is 7.87. The molecule has 0 radical (unpaired) electrons. The van der Waals surface area contributed by atoms with Gasteiger partial charge in [-0.15, -0.1) is 12.4 Å². The van der Waals surface area contributed by atoms with E-state index in [0.29, 0.717) is 32.7 Å². The van der Waals surface area contributed by atoms with Gasteiger partial charge in [0.2, 0.25) is 11.8 Å². The minimum atomic E-state index is -0.477. The molecule has 0 saturated carbocycles. The molecule has 0 bridgehead atoms. The molecule has 3 rings (SSSR count). The van der Waals surface area contributed by atoms with Crippen LogP contribution in [0.2, 0.25) is 0 Å². The Bertz CT molecular complexity index is 620. The maximum Gasteiger partial charge on any atom is 0.237 e. The number of carbonyl (C=O) groups excluding carboxylic acids is 2. The van der Waals surface area contributed by atoms with Crippen LogP contribution in [0.1, 0.15) is 36.8 Å². The summed E-state index contributed by atoms with van der Waals surface area (Å²) in [6.45, 7) is 3.30. The predicted octanol–water partition coefficient (Wildman–Crippen LogP) is 1.60. The highest BCUT2D eigenvalue weighted by Crippen LogP contribution is 2.18. The molecule has 2 aliphatic rings. The molecule has 1 unspecified atom stereocenters. The second kappa shape index (κ2) is 9.90. The molecule has 1 atom stereocenters. The van der Waals surface area contributed by atoms with Crippen molar-refractivity contribution >= 4 is 24.2 Å². The lowest BCUT2D eigenvalue weighted by molar-refractivity contribution is -0.128. The van der Waals surface area contributed by atoms with E-state index in [0.717, 1.165) is 36.9 Å². The molecule has 2 amide bonds. The number of ether oxygens (including phenoxy) is 1. The summed E-state index contributed by atoms with van der Waals surface area (Å²) >= 11 is 0. The van der Waals surface area contributed by atoms with Crippen molar-refractivity contribution in [1.29, 1.82) is 0 Å². The van der Waals surface area contributed by atoms with Crippen LogP contribution < -0.4 is 11.1 Å². The summed E-state index contributed by atoms with van der Waals surface area (Å²) in [6.07, 6.45) is 3.28. The Balaban J connectivity index is 0.00000243. The first kappa shape index (κ1) is 20.7. The number of nitrogens with two attached hydrogens (primary N) is 1. The summed E-state index contributed by atoms with van der Waals surface area (Å²) in [5, 5.41) is 2.94. The van der Waals surface area contributed by atoms with Crippen LogP contribution in [0.4, 0.5) is 0 Å². The first-order valence-electron chi connectivity index (χ1n) is 9.10. The minimum Gasteiger partial charge on any atom is -0.381 e. The van der Waals surface area contributed by atoms with E-state index >= 15 is 0 Å². The van der Waals surface area contributed by atoms with Crippen molar-refractivity contribution in [2.24, 2.45) is 11.7 Å². The van der Waals surface area contributed by atoms with E-state index in [1.807, 2.05) is 29.2 Å². The van der Waals surface area contributed by atoms with E-state index in [2.05, 4.69) is 5.32 Å². The fourth-order valence-electron chi connectivity index (χ4n) is 3.53. The third-order valence-corrected chi connectivity index (χ3v) is 5.08. The van der Waals surface area contributed by atoms with Crippen LogP contribution in [0.5, 0.6) is 0 Å². The molecular weight excluding hydrogens is 354 g/mol. The number of nitrogens with one attached hydrogen (secondary N) is 1. The van der Waals surface area contributed by atoms with Gasteiger partial charge in [0.05, 0.1) is 6.04 Å². The van der Waals surface area contributed by atoms with Gasteiger partial charge in [-0.2, -0.15) is 0 Å². The Hall–Kier alpha value is -1.63. The molecule has 1 aromatic carbocycles. The quantitative estimate of drug-likeness (QED) is 0.783. The number of hydrogen-bond donors (Lipinski definition) is 2. The Labute approximate surface area is 160 Å². The van der Waals surface area contributed by atoms with Gasteiger partial charge in [0.1, 0.15) is 0 Å². The van der Waals surface area contributed by atoms with Gasteiger partial charge in [0, 0.05) is 39.3 Å². The molecular formula is C19H28ClN3O3. The van der Waals surface area contributed by atoms with Gasteiger partial charge in [0.15, 0.2) is 0 Å². The molecule has 2 fully saturated rings. The number of hydrogen-bond acceptors (Lipinski definition) is 4. The third-order valence-electron chi connectivity index (χ3n) is 5.08. The van der Waals surface area contributed by atoms with Crippen LogP contribution in [0.15, 0.2) is 24.3 Å². The van der Waals surface area contributed by atoms with Crippen molar-refractivity contribution in [2.75, 3.05) is 19.8 Å². The first-order chi connectivity index (χ1) is 12.1. The topological polar surface area (TPSA) is 84.7 Å². The van der Waals surface area contributed by atoms with Crippen LogP contribution in [-0.4, -0.2) is 42.5 Å². The van der Waals surface area contributed by atoms with E-state index in [1.165, 1.54) is 0 Å². The largest absolute Gasteiger partial charge is 0.381 e. The number of carbonyl (C=O) groups is 2. The maximum absolute atomic E-state index is 12.3. The monoisotopic (exact) mass is 381 g/mol. The third kappa shape index (κ3) is 5.43. The Morgan fingerprint density at radius 3 is 2.73 bits per heavy atom. The van der Waals surface area contributed by atoms with E-state index in [9.17, 15) is 9.59 Å². The van der Waals surface area contributed by atoms with Gasteiger partial charge in [-0.05, 0) is 36.3 Å². The highest BCUT2D eigenvalue weighted by molar-refractivity contribution is 5.85. The van der Waals surface area contributed by atoms with Crippen molar-refractivity contribution in [3.8, 4) is 0 Å². The van der Waals surface area contributed by atoms with Gasteiger partial charge >= 0.3 is 0 Å². The van der Waals surface area contributed by atoms with Crippen LogP contribution in [0.25, 0.3) is 0 Å². The van der Waals surface area contributed by atoms with Crippen LogP contribution >= 0.6 is 12.4 Å². The van der Waals surface area contributed by atoms with Gasteiger partial charge < -0.3 is 20.7 Å². The van der Waals surface area contributed by atoms with Crippen molar-refractivity contribution in [3.05, 3.63) is 35.4 Å². The summed E-state index contributed by atoms with van der Waals surface area (Å²) in [6, 6.07) is 7.54. The van der Waals surface area contributed by atoms with E-state index in [1.54, 1.807) is 0 Å². The number of halogens is 1. The van der Waals surface area contributed by atoms with Crippen molar-refractivity contribution in [1.82, 2.24) is 10.2 Å². The zero-order chi connectivity index (χ0) is 17.6. The SMILES string of the molecule is Cl.NC(C(=O)NCc1cccc(CN2CCCC2=O)c1)C1CCOCC1. The lowest BCUT2D eigenvalue weighted by Gasteiger charge is -2.26. The minimum absolute atomic E-state index is 0. The van der Waals surface area contributed by atoms with Crippen LogP contribution in [-0.2, 0) is 27.4 Å². The molecule has 0 aromatic heterocycles. The van der Waals surface area contributed by atoms with Crippen molar-refractivity contribution < 1.29 is 14.3 Å². The Morgan fingerprint density at radius 2 is 2.04 bits per heavy atom. The summed E-state index contributed by atoms with van der Waals surface area (Å²) in [5.74, 6) is 0.314. The van der Waals surface area contributed by atoms with Crippen molar-refractivity contribution in [2.45, 2.75) is 44.8 Å². The highest BCUT2D eigenvalue weighted by Gasteiger charge is 2.26. The second-order valence-corrected chi connectivity index (χ2v) is 6.93. The molecule has 6 nitrogen and oxygen atoms in total. The number of amides is 2. The summed E-state index contributed by atoms with van der Waals surface area (Å²) in [7, 11) is 0. The van der Waals surface area contributed by atoms with Crippen LogP contribution in [0.3, 0.4) is 0 Å². The van der Waals surface area contributed by atoms with Crippen molar-refractivity contribution in [3.63, 3.8) is 0 Å². The lowest BCUT2D eigenvalue weighted by Crippen LogP contribution is -2.46. The number of likely N-dealkylation sites (tertiary alicyclic amines) is 1. The molecule has 3 N–H and O–H groups in total. The van der Waals surface area contributed by atoms with E-state index in [4.69, 9.17) is 10.5 Å². The van der Waals surface area contributed by atoms with Gasteiger partial charge in [-0.25, -0.2) is 0 Å². The average molecular weight is 382 g/mol. The van der Waals surface area contributed by atoms with E-state index in [-0.39, 0.29) is 30.1 Å². The fraction of sp³-hybridized carbons (Fsp3) is 0.579. The molecule has 0 aliphatic carbocycles. The number of nitrogens with zero attached hydrogens (tertiary/aromatic N) is 1. The summed E-state index contributed by atoms with van der Waals surface area (Å²) < 4.78 is 5.32. The van der Waals surface area contributed by atoms with Gasteiger partial charge in [-0.3, -0.25) is 9.59 Å². The number of benzene rings is 1. The Morgan fingerprint density at radius 1 is 1.31 bits per heavy atom.